The summed E-state index contributed by atoms with van der Waals surface area (Å²) in [5.41, 5.74) is 0. The van der Waals surface area contributed by atoms with E-state index in [0.717, 1.165) is 12.1 Å². The second-order valence-electron chi connectivity index (χ2n) is 5.21. The number of carbonyl (C=O) groups is 1. The van der Waals surface area contributed by atoms with Crippen molar-refractivity contribution in [2.75, 3.05) is 20.2 Å². The molecule has 1 aliphatic heterocycles. The van der Waals surface area contributed by atoms with Crippen molar-refractivity contribution >= 4 is 27.6 Å². The predicted octanol–water partition coefficient (Wildman–Crippen LogP) is 2.23. The Morgan fingerprint density at radius 2 is 2.00 bits per heavy atom. The van der Waals surface area contributed by atoms with Crippen LogP contribution >= 0.6 is 11.6 Å². The molecule has 0 radical (unpaired) electrons. The molecule has 0 bridgehead atoms. The zero-order chi connectivity index (χ0) is 18.3. The van der Waals surface area contributed by atoms with E-state index < -0.39 is 47.1 Å². The van der Waals surface area contributed by atoms with Crippen molar-refractivity contribution in [1.29, 1.82) is 0 Å². The zero-order valence-electron chi connectivity index (χ0n) is 12.2. The van der Waals surface area contributed by atoms with Crippen molar-refractivity contribution in [2.24, 2.45) is 11.8 Å². The molecule has 2 atom stereocenters. The number of carboxylic acids is 1. The SMILES string of the molecule is COc1cc(S(=O)(=O)N2C[C@@H](C(F)(F)F)[C@H](C(=O)O)C2)ccc1Cl. The Hall–Kier alpha value is -1.52. The molecule has 0 amide bonds. The molecule has 0 saturated carbocycles. The van der Waals surface area contributed by atoms with Gasteiger partial charge in [-0.15, -0.1) is 0 Å². The summed E-state index contributed by atoms with van der Waals surface area (Å²) in [4.78, 5) is 10.7. The monoisotopic (exact) mass is 387 g/mol. The zero-order valence-corrected chi connectivity index (χ0v) is 13.8. The maximum absolute atomic E-state index is 13.0. The number of benzene rings is 1. The summed E-state index contributed by atoms with van der Waals surface area (Å²) in [5, 5.41) is 9.09. The van der Waals surface area contributed by atoms with Gasteiger partial charge in [-0.3, -0.25) is 4.79 Å². The number of aliphatic carboxylic acids is 1. The van der Waals surface area contributed by atoms with E-state index in [4.69, 9.17) is 21.4 Å². The normalized spacial score (nSPS) is 22.5. The minimum atomic E-state index is -4.81. The van der Waals surface area contributed by atoms with Gasteiger partial charge < -0.3 is 9.84 Å². The Morgan fingerprint density at radius 3 is 2.46 bits per heavy atom. The summed E-state index contributed by atoms with van der Waals surface area (Å²) < 4.78 is 69.4. The first-order chi connectivity index (χ1) is 11.0. The molecule has 11 heteroatoms. The number of nitrogens with zero attached hydrogens (tertiary/aromatic N) is 1. The molecule has 134 valence electrons. The van der Waals surface area contributed by atoms with E-state index in [1.165, 1.54) is 13.2 Å². The number of sulfonamides is 1. The van der Waals surface area contributed by atoms with Crippen molar-refractivity contribution in [3.05, 3.63) is 23.2 Å². The number of hydrogen-bond donors (Lipinski definition) is 1. The highest BCUT2D eigenvalue weighted by Gasteiger charge is 2.55. The molecule has 2 rings (SSSR count). The van der Waals surface area contributed by atoms with E-state index in [-0.39, 0.29) is 15.7 Å². The number of halogens is 4. The third kappa shape index (κ3) is 3.45. The molecule has 24 heavy (non-hydrogen) atoms. The van der Waals surface area contributed by atoms with Crippen LogP contribution in [0, 0.1) is 11.8 Å². The summed E-state index contributed by atoms with van der Waals surface area (Å²) >= 11 is 5.79. The van der Waals surface area contributed by atoms with E-state index in [2.05, 4.69) is 0 Å². The van der Waals surface area contributed by atoms with E-state index in [1.807, 2.05) is 0 Å². The third-order valence-corrected chi connectivity index (χ3v) is 5.92. The predicted molar refractivity (Wildman–Crippen MR) is 77.4 cm³/mol. The average molecular weight is 388 g/mol. The van der Waals surface area contributed by atoms with E-state index in [0.29, 0.717) is 4.31 Å². The standard InChI is InChI=1S/C13H13ClF3NO5S/c1-23-11-4-7(2-3-10(11)14)24(21,22)18-5-8(12(19)20)9(6-18)13(15,16)17/h2-4,8-9H,5-6H2,1H3,(H,19,20)/t8-,9-/m1/s1. The molecule has 0 aliphatic carbocycles. The smallest absolute Gasteiger partial charge is 0.393 e. The Labute approximate surface area is 140 Å². The van der Waals surface area contributed by atoms with Crippen LogP contribution in [0.25, 0.3) is 0 Å². The van der Waals surface area contributed by atoms with Crippen LogP contribution in [0.5, 0.6) is 5.75 Å². The van der Waals surface area contributed by atoms with Crippen molar-refractivity contribution in [2.45, 2.75) is 11.1 Å². The van der Waals surface area contributed by atoms with Crippen molar-refractivity contribution in [3.63, 3.8) is 0 Å². The van der Waals surface area contributed by atoms with Gasteiger partial charge in [0.15, 0.2) is 0 Å². The van der Waals surface area contributed by atoms with Crippen molar-refractivity contribution < 1.29 is 36.2 Å². The van der Waals surface area contributed by atoms with Crippen LogP contribution in [-0.4, -0.2) is 50.2 Å². The number of methoxy groups -OCH3 is 1. The Kier molecular flexibility index (Phi) is 5.03. The molecule has 1 aromatic carbocycles. The lowest BCUT2D eigenvalue weighted by Crippen LogP contribution is -2.34. The fourth-order valence-corrected chi connectivity index (χ4v) is 4.20. The highest BCUT2D eigenvalue weighted by atomic mass is 35.5. The number of hydrogen-bond acceptors (Lipinski definition) is 4. The van der Waals surface area contributed by atoms with Crippen molar-refractivity contribution in [3.8, 4) is 5.75 Å². The fraction of sp³-hybridized carbons (Fsp3) is 0.462. The second kappa shape index (κ2) is 6.41. The Morgan fingerprint density at radius 1 is 1.38 bits per heavy atom. The molecule has 1 heterocycles. The van der Waals surface area contributed by atoms with Gasteiger partial charge in [-0.25, -0.2) is 8.42 Å². The lowest BCUT2D eigenvalue weighted by Gasteiger charge is -2.18. The minimum absolute atomic E-state index is 0.0408. The molecular weight excluding hydrogens is 375 g/mol. The van der Waals surface area contributed by atoms with Crippen LogP contribution in [0.1, 0.15) is 0 Å². The maximum atomic E-state index is 13.0. The number of alkyl halides is 3. The molecule has 1 N–H and O–H groups in total. The van der Waals surface area contributed by atoms with Gasteiger partial charge in [0.25, 0.3) is 0 Å². The third-order valence-electron chi connectivity index (χ3n) is 3.78. The lowest BCUT2D eigenvalue weighted by atomic mass is 9.96. The van der Waals surface area contributed by atoms with Crippen LogP contribution in [-0.2, 0) is 14.8 Å². The summed E-state index contributed by atoms with van der Waals surface area (Å²) in [5.74, 6) is -5.77. The van der Waals surface area contributed by atoms with Gasteiger partial charge in [0.1, 0.15) is 5.75 Å². The van der Waals surface area contributed by atoms with Gasteiger partial charge in [-0.05, 0) is 12.1 Å². The molecule has 1 saturated heterocycles. The van der Waals surface area contributed by atoms with E-state index in [9.17, 15) is 26.4 Å². The first-order valence-electron chi connectivity index (χ1n) is 6.61. The van der Waals surface area contributed by atoms with Gasteiger partial charge in [-0.1, -0.05) is 11.6 Å². The topological polar surface area (TPSA) is 83.9 Å². The van der Waals surface area contributed by atoms with Gasteiger partial charge in [0.2, 0.25) is 10.0 Å². The van der Waals surface area contributed by atoms with Gasteiger partial charge in [-0.2, -0.15) is 17.5 Å². The highest BCUT2D eigenvalue weighted by molar-refractivity contribution is 7.89. The van der Waals surface area contributed by atoms with E-state index in [1.54, 1.807) is 0 Å². The first kappa shape index (κ1) is 18.8. The molecule has 0 unspecified atom stereocenters. The summed E-state index contributed by atoms with van der Waals surface area (Å²) in [6.45, 7) is -1.71. The summed E-state index contributed by atoms with van der Waals surface area (Å²) in [6, 6.07) is 3.44. The molecule has 1 fully saturated rings. The molecule has 1 aromatic rings. The lowest BCUT2D eigenvalue weighted by molar-refractivity contribution is -0.187. The number of rotatable bonds is 4. The van der Waals surface area contributed by atoms with Crippen molar-refractivity contribution in [1.82, 2.24) is 4.31 Å². The van der Waals surface area contributed by atoms with Crippen LogP contribution < -0.4 is 4.74 Å². The second-order valence-corrected chi connectivity index (χ2v) is 7.56. The van der Waals surface area contributed by atoms with Gasteiger partial charge in [0.05, 0.1) is 28.9 Å². The van der Waals surface area contributed by atoms with Crippen LogP contribution in [0.4, 0.5) is 13.2 Å². The fourth-order valence-electron chi connectivity index (χ4n) is 2.50. The Bertz CT molecular complexity index is 752. The number of carboxylic acid groups (broad SMARTS) is 1. The van der Waals surface area contributed by atoms with Gasteiger partial charge in [0, 0.05) is 19.2 Å². The summed E-state index contributed by atoms with van der Waals surface area (Å²) in [7, 11) is -3.06. The van der Waals surface area contributed by atoms with Crippen LogP contribution in [0.2, 0.25) is 5.02 Å². The van der Waals surface area contributed by atoms with Crippen LogP contribution in [0.3, 0.4) is 0 Å². The molecular formula is C13H13ClF3NO5S. The van der Waals surface area contributed by atoms with E-state index >= 15 is 0 Å². The highest BCUT2D eigenvalue weighted by Crippen LogP contribution is 2.40. The number of ether oxygens (including phenoxy) is 1. The molecule has 0 spiro atoms. The first-order valence-corrected chi connectivity index (χ1v) is 8.43. The summed E-state index contributed by atoms with van der Waals surface area (Å²) in [6.07, 6.45) is -4.81. The quantitative estimate of drug-likeness (QED) is 0.856. The molecule has 1 aliphatic rings. The molecule has 6 nitrogen and oxygen atoms in total. The Balaban J connectivity index is 2.39. The maximum Gasteiger partial charge on any atom is 0.393 e. The largest absolute Gasteiger partial charge is 0.495 e. The minimum Gasteiger partial charge on any atom is -0.495 e. The van der Waals surface area contributed by atoms with Gasteiger partial charge >= 0.3 is 12.1 Å². The van der Waals surface area contributed by atoms with Crippen LogP contribution in [0.15, 0.2) is 23.1 Å². The molecule has 0 aromatic heterocycles. The average Bonchev–Trinajstić information content (AvgIpc) is 2.93.